The van der Waals surface area contributed by atoms with Gasteiger partial charge < -0.3 is 5.32 Å². The van der Waals surface area contributed by atoms with Crippen molar-refractivity contribution >= 4 is 11.8 Å². The van der Waals surface area contributed by atoms with E-state index in [9.17, 15) is 9.59 Å². The van der Waals surface area contributed by atoms with Crippen LogP contribution in [0.25, 0.3) is 0 Å². The molecule has 24 heavy (non-hydrogen) atoms. The van der Waals surface area contributed by atoms with Crippen LogP contribution in [-0.2, 0) is 11.2 Å². The van der Waals surface area contributed by atoms with Gasteiger partial charge in [-0.3, -0.25) is 9.59 Å². The van der Waals surface area contributed by atoms with E-state index in [-0.39, 0.29) is 12.5 Å². The molecule has 0 heterocycles. The number of nitrogens with zero attached hydrogens (tertiary/aromatic N) is 2. The Bertz CT molecular complexity index is 723. The second-order valence-corrected chi connectivity index (χ2v) is 5.26. The molecule has 122 valence electrons. The number of hydrogen-bond donors (Lipinski definition) is 1. The zero-order valence-corrected chi connectivity index (χ0v) is 13.5. The zero-order valence-electron chi connectivity index (χ0n) is 13.5. The van der Waals surface area contributed by atoms with Gasteiger partial charge in [-0.1, -0.05) is 48.5 Å². The molecule has 0 aliphatic heterocycles. The molecule has 0 aliphatic rings. The predicted octanol–water partition coefficient (Wildman–Crippen LogP) is 2.36. The van der Waals surface area contributed by atoms with Crippen molar-refractivity contribution in [2.24, 2.45) is 0 Å². The van der Waals surface area contributed by atoms with E-state index >= 15 is 0 Å². The smallest absolute Gasteiger partial charge is 0.258 e. The van der Waals surface area contributed by atoms with E-state index in [1.54, 1.807) is 31.2 Å². The molecule has 0 saturated carbocycles. The van der Waals surface area contributed by atoms with Gasteiger partial charge in [0.25, 0.3) is 11.8 Å². The molecule has 2 rings (SSSR count). The highest BCUT2D eigenvalue weighted by atomic mass is 16.2. The topological polar surface area (TPSA) is 73.2 Å². The summed E-state index contributed by atoms with van der Waals surface area (Å²) in [6.45, 7) is 1.99. The fourth-order valence-corrected chi connectivity index (χ4v) is 2.34. The highest BCUT2D eigenvalue weighted by Crippen LogP contribution is 2.08. The van der Waals surface area contributed by atoms with E-state index in [4.69, 9.17) is 5.26 Å². The lowest BCUT2D eigenvalue weighted by Gasteiger charge is -2.21. The minimum Gasteiger partial charge on any atom is -0.340 e. The first kappa shape index (κ1) is 17.2. The van der Waals surface area contributed by atoms with Crippen LogP contribution in [0.3, 0.4) is 0 Å². The fraction of sp³-hybridized carbons (Fsp3) is 0.211. The van der Waals surface area contributed by atoms with Gasteiger partial charge in [0.1, 0.15) is 6.04 Å². The molecular weight excluding hydrogens is 302 g/mol. The Labute approximate surface area is 141 Å². The molecule has 2 aromatic carbocycles. The van der Waals surface area contributed by atoms with Crippen molar-refractivity contribution in [1.29, 1.82) is 5.26 Å². The number of nitriles is 1. The zero-order chi connectivity index (χ0) is 17.4. The Morgan fingerprint density at radius 2 is 1.67 bits per heavy atom. The van der Waals surface area contributed by atoms with Gasteiger partial charge in [0.05, 0.1) is 0 Å². The maximum Gasteiger partial charge on any atom is 0.258 e. The quantitative estimate of drug-likeness (QED) is 0.655. The molecule has 0 fully saturated rings. The third-order valence-electron chi connectivity index (χ3n) is 3.63. The van der Waals surface area contributed by atoms with Crippen LogP contribution in [0.15, 0.2) is 60.7 Å². The van der Waals surface area contributed by atoms with Crippen molar-refractivity contribution in [1.82, 2.24) is 10.2 Å². The molecule has 5 nitrogen and oxygen atoms in total. The van der Waals surface area contributed by atoms with E-state index in [2.05, 4.69) is 5.32 Å². The second kappa shape index (κ2) is 8.49. The van der Waals surface area contributed by atoms with Gasteiger partial charge in [-0.15, -0.1) is 0 Å². The number of hydrogen-bond acceptors (Lipinski definition) is 3. The van der Waals surface area contributed by atoms with Gasteiger partial charge in [0.2, 0.25) is 0 Å². The Morgan fingerprint density at radius 3 is 2.21 bits per heavy atom. The average molecular weight is 321 g/mol. The molecule has 0 aromatic heterocycles. The van der Waals surface area contributed by atoms with Crippen LogP contribution in [0.2, 0.25) is 0 Å². The maximum absolute atomic E-state index is 12.6. The molecular formula is C19H19N3O2. The highest BCUT2D eigenvalue weighted by Gasteiger charge is 2.26. The first-order valence-electron chi connectivity index (χ1n) is 7.76. The molecule has 0 spiro atoms. The van der Waals surface area contributed by atoms with Gasteiger partial charge in [0.15, 0.2) is 6.19 Å². The van der Waals surface area contributed by atoms with Crippen LogP contribution in [0.5, 0.6) is 0 Å². The van der Waals surface area contributed by atoms with Gasteiger partial charge in [0, 0.05) is 18.5 Å². The number of rotatable bonds is 6. The van der Waals surface area contributed by atoms with E-state index in [0.29, 0.717) is 12.0 Å². The normalized spacial score (nSPS) is 11.2. The Balaban J connectivity index is 2.20. The van der Waals surface area contributed by atoms with Crippen LogP contribution in [-0.4, -0.2) is 29.3 Å². The summed E-state index contributed by atoms with van der Waals surface area (Å²) in [6.07, 6.45) is 2.19. The lowest BCUT2D eigenvalue weighted by molar-refractivity contribution is -0.130. The number of likely N-dealkylation sites (N-methyl/N-ethyl adjacent to an activating group) is 1. The molecule has 0 bridgehead atoms. The van der Waals surface area contributed by atoms with Crippen LogP contribution >= 0.6 is 0 Å². The SMILES string of the molecule is CCN(C#N)C(=O)C(Cc1ccccc1)NC(=O)c1ccccc1. The largest absolute Gasteiger partial charge is 0.340 e. The van der Waals surface area contributed by atoms with Crippen molar-refractivity contribution in [3.63, 3.8) is 0 Å². The van der Waals surface area contributed by atoms with Crippen molar-refractivity contribution in [2.75, 3.05) is 6.54 Å². The first-order chi connectivity index (χ1) is 11.7. The van der Waals surface area contributed by atoms with Crippen LogP contribution in [0, 0.1) is 11.5 Å². The van der Waals surface area contributed by atoms with Gasteiger partial charge in [-0.2, -0.15) is 5.26 Å². The Morgan fingerprint density at radius 1 is 1.08 bits per heavy atom. The molecule has 1 N–H and O–H groups in total. The summed E-state index contributed by atoms with van der Waals surface area (Å²) < 4.78 is 0. The lowest BCUT2D eigenvalue weighted by Crippen LogP contribution is -2.48. The molecule has 2 aromatic rings. The summed E-state index contributed by atoms with van der Waals surface area (Å²) in [4.78, 5) is 26.0. The van der Waals surface area contributed by atoms with Gasteiger partial charge in [-0.25, -0.2) is 4.90 Å². The molecule has 5 heteroatoms. The summed E-state index contributed by atoms with van der Waals surface area (Å²) in [5, 5.41) is 11.9. The fourth-order valence-electron chi connectivity index (χ4n) is 2.34. The Hall–Kier alpha value is -3.13. The average Bonchev–Trinajstić information content (AvgIpc) is 2.63. The summed E-state index contributed by atoms with van der Waals surface area (Å²) in [6, 6.07) is 17.3. The van der Waals surface area contributed by atoms with Crippen LogP contribution in [0.1, 0.15) is 22.8 Å². The van der Waals surface area contributed by atoms with Crippen molar-refractivity contribution in [2.45, 2.75) is 19.4 Å². The van der Waals surface area contributed by atoms with Crippen LogP contribution in [0.4, 0.5) is 0 Å². The van der Waals surface area contributed by atoms with E-state index in [1.807, 2.05) is 42.6 Å². The summed E-state index contributed by atoms with van der Waals surface area (Å²) in [5.74, 6) is -0.744. The van der Waals surface area contributed by atoms with Gasteiger partial charge in [-0.05, 0) is 24.6 Å². The minimum absolute atomic E-state index is 0.266. The molecule has 0 radical (unpaired) electrons. The summed E-state index contributed by atoms with van der Waals surface area (Å²) in [7, 11) is 0. The second-order valence-electron chi connectivity index (χ2n) is 5.26. The van der Waals surface area contributed by atoms with Crippen molar-refractivity contribution in [3.05, 3.63) is 71.8 Å². The third kappa shape index (κ3) is 4.43. The van der Waals surface area contributed by atoms with E-state index < -0.39 is 11.9 Å². The molecule has 1 atom stereocenters. The van der Waals surface area contributed by atoms with E-state index in [0.717, 1.165) is 10.5 Å². The number of nitrogens with one attached hydrogen (secondary N) is 1. The molecule has 2 amide bonds. The van der Waals surface area contributed by atoms with Crippen LogP contribution < -0.4 is 5.32 Å². The standard InChI is InChI=1S/C19H19N3O2/c1-2-22(14-20)19(24)17(13-15-9-5-3-6-10-15)21-18(23)16-11-7-4-8-12-16/h3-12,17H,2,13H2,1H3,(H,21,23). The monoisotopic (exact) mass is 321 g/mol. The van der Waals surface area contributed by atoms with Crippen molar-refractivity contribution in [3.8, 4) is 6.19 Å². The Kier molecular flexibility index (Phi) is 6.09. The maximum atomic E-state index is 12.6. The number of carbonyl (C=O) groups excluding carboxylic acids is 2. The number of benzene rings is 2. The van der Waals surface area contributed by atoms with Crippen molar-refractivity contribution < 1.29 is 9.59 Å². The number of carbonyl (C=O) groups is 2. The molecule has 1 unspecified atom stereocenters. The highest BCUT2D eigenvalue weighted by molar-refractivity contribution is 5.97. The third-order valence-corrected chi connectivity index (χ3v) is 3.63. The minimum atomic E-state index is -0.792. The molecule has 0 aliphatic carbocycles. The lowest BCUT2D eigenvalue weighted by atomic mass is 10.0. The first-order valence-corrected chi connectivity index (χ1v) is 7.76. The summed E-state index contributed by atoms with van der Waals surface area (Å²) >= 11 is 0. The van der Waals surface area contributed by atoms with E-state index in [1.165, 1.54) is 0 Å². The predicted molar refractivity (Wildman–Crippen MR) is 90.8 cm³/mol. The molecule has 0 saturated heterocycles. The summed E-state index contributed by atoms with van der Waals surface area (Å²) in [5.41, 5.74) is 1.39. The van der Waals surface area contributed by atoms with Gasteiger partial charge >= 0.3 is 0 Å². The number of amides is 2.